The van der Waals surface area contributed by atoms with Gasteiger partial charge in [0.25, 0.3) is 0 Å². The van der Waals surface area contributed by atoms with E-state index in [0.717, 1.165) is 26.1 Å². The van der Waals surface area contributed by atoms with E-state index in [1.165, 1.54) is 5.69 Å². The van der Waals surface area contributed by atoms with E-state index in [1.807, 2.05) is 13.0 Å². The minimum Gasteiger partial charge on any atom is -0.383 e. The highest BCUT2D eigenvalue weighted by Crippen LogP contribution is 2.12. The Bertz CT molecular complexity index is 414. The Kier molecular flexibility index (Phi) is 11.9. The third-order valence-electron chi connectivity index (χ3n) is 3.18. The lowest BCUT2D eigenvalue weighted by Gasteiger charge is -2.22. The van der Waals surface area contributed by atoms with Gasteiger partial charge in [0.2, 0.25) is 0 Å². The predicted octanol–water partition coefficient (Wildman–Crippen LogP) is 2.46. The molecule has 0 fully saturated rings. The maximum atomic E-state index is 5.84. The van der Waals surface area contributed by atoms with Crippen LogP contribution >= 0.6 is 24.0 Å². The Hall–Kier alpha value is -1.02. The average molecular weight is 420 g/mol. The van der Waals surface area contributed by atoms with Gasteiger partial charge in [0.05, 0.1) is 6.61 Å². The summed E-state index contributed by atoms with van der Waals surface area (Å²) in [5, 5.41) is 3.10. The van der Waals surface area contributed by atoms with Crippen molar-refractivity contribution in [2.75, 3.05) is 38.3 Å². The first-order valence-electron chi connectivity index (χ1n) is 7.52. The second kappa shape index (κ2) is 12.5. The number of ether oxygens (including phenoxy) is 1. The summed E-state index contributed by atoms with van der Waals surface area (Å²) in [6.45, 7) is 7.49. The van der Waals surface area contributed by atoms with Gasteiger partial charge in [-0.1, -0.05) is 18.2 Å². The quantitative estimate of drug-likeness (QED) is 0.279. The lowest BCUT2D eigenvalue weighted by atomic mass is 10.2. The zero-order valence-corrected chi connectivity index (χ0v) is 16.1. The number of para-hydroxylation sites is 1. The van der Waals surface area contributed by atoms with Crippen LogP contribution in [0.5, 0.6) is 0 Å². The molecule has 1 rings (SSSR count). The highest BCUT2D eigenvalue weighted by Gasteiger charge is 2.03. The average Bonchev–Trinajstić information content (AvgIpc) is 2.48. The molecule has 6 heteroatoms. The summed E-state index contributed by atoms with van der Waals surface area (Å²) in [7, 11) is 1.68. The Balaban J connectivity index is 0.00000441. The number of aliphatic imine (C=N–C) groups is 1. The van der Waals surface area contributed by atoms with E-state index < -0.39 is 0 Å². The summed E-state index contributed by atoms with van der Waals surface area (Å²) in [6, 6.07) is 10.6. The summed E-state index contributed by atoms with van der Waals surface area (Å²) in [6.07, 6.45) is 0.976. The van der Waals surface area contributed by atoms with Crippen LogP contribution in [-0.2, 0) is 4.74 Å². The number of anilines is 1. The third kappa shape index (κ3) is 8.43. The van der Waals surface area contributed by atoms with E-state index in [9.17, 15) is 0 Å². The van der Waals surface area contributed by atoms with Gasteiger partial charge in [-0.15, -0.1) is 24.0 Å². The number of nitrogens with zero attached hydrogens (tertiary/aromatic N) is 2. The first kappa shape index (κ1) is 21.0. The molecule has 0 bridgehead atoms. The number of nitrogens with one attached hydrogen (secondary N) is 1. The highest BCUT2D eigenvalue weighted by atomic mass is 127. The molecular weight excluding hydrogens is 391 g/mol. The highest BCUT2D eigenvalue weighted by molar-refractivity contribution is 14.0. The number of hydrogen-bond donors (Lipinski definition) is 2. The van der Waals surface area contributed by atoms with Crippen LogP contribution in [0, 0.1) is 0 Å². The van der Waals surface area contributed by atoms with Crippen molar-refractivity contribution in [3.8, 4) is 0 Å². The third-order valence-corrected chi connectivity index (χ3v) is 3.18. The van der Waals surface area contributed by atoms with Crippen LogP contribution < -0.4 is 16.0 Å². The van der Waals surface area contributed by atoms with Crippen LogP contribution in [0.4, 0.5) is 5.69 Å². The van der Waals surface area contributed by atoms with Gasteiger partial charge in [-0.05, 0) is 32.4 Å². The van der Waals surface area contributed by atoms with Gasteiger partial charge in [-0.2, -0.15) is 0 Å². The van der Waals surface area contributed by atoms with E-state index >= 15 is 0 Å². The van der Waals surface area contributed by atoms with E-state index in [0.29, 0.717) is 12.6 Å². The van der Waals surface area contributed by atoms with E-state index in [-0.39, 0.29) is 30.0 Å². The summed E-state index contributed by atoms with van der Waals surface area (Å²) >= 11 is 0. The number of methoxy groups -OCH3 is 1. The minimum absolute atomic E-state index is 0. The smallest absolute Gasteiger partial charge is 0.188 e. The predicted molar refractivity (Wildman–Crippen MR) is 105 cm³/mol. The van der Waals surface area contributed by atoms with Gasteiger partial charge < -0.3 is 20.7 Å². The Labute approximate surface area is 151 Å². The van der Waals surface area contributed by atoms with Gasteiger partial charge in [-0.25, -0.2) is 0 Å². The monoisotopic (exact) mass is 420 g/mol. The van der Waals surface area contributed by atoms with Crippen LogP contribution in [0.3, 0.4) is 0 Å². The molecule has 1 unspecified atom stereocenters. The van der Waals surface area contributed by atoms with E-state index in [1.54, 1.807) is 7.11 Å². The number of benzene rings is 1. The van der Waals surface area contributed by atoms with Crippen molar-refractivity contribution in [2.24, 2.45) is 10.7 Å². The van der Waals surface area contributed by atoms with Crippen molar-refractivity contribution in [1.29, 1.82) is 0 Å². The molecule has 3 N–H and O–H groups in total. The summed E-state index contributed by atoms with van der Waals surface area (Å²) in [5.74, 6) is 0.488. The van der Waals surface area contributed by atoms with Gasteiger partial charge in [0, 0.05) is 38.5 Å². The SMILES string of the molecule is CCN(CCCN=C(N)NC(C)COC)c1ccccc1.I. The van der Waals surface area contributed by atoms with E-state index in [2.05, 4.69) is 46.4 Å². The molecule has 0 aliphatic carbocycles. The van der Waals surface area contributed by atoms with Crippen LogP contribution in [0.2, 0.25) is 0 Å². The fourth-order valence-electron chi connectivity index (χ4n) is 2.16. The molecule has 126 valence electrons. The maximum absolute atomic E-state index is 5.84. The number of nitrogens with two attached hydrogens (primary N) is 1. The lowest BCUT2D eigenvalue weighted by molar-refractivity contribution is 0.179. The summed E-state index contributed by atoms with van der Waals surface area (Å²) in [4.78, 5) is 6.69. The Morgan fingerprint density at radius 3 is 2.64 bits per heavy atom. The van der Waals surface area contributed by atoms with Crippen LogP contribution in [0.1, 0.15) is 20.3 Å². The zero-order chi connectivity index (χ0) is 15.5. The molecule has 1 atom stereocenters. The molecule has 0 spiro atoms. The fraction of sp³-hybridized carbons (Fsp3) is 0.562. The second-order valence-electron chi connectivity index (χ2n) is 5.04. The largest absolute Gasteiger partial charge is 0.383 e. The molecule has 0 amide bonds. The fourth-order valence-corrected chi connectivity index (χ4v) is 2.16. The zero-order valence-electron chi connectivity index (χ0n) is 13.8. The van der Waals surface area contributed by atoms with Crippen molar-refractivity contribution in [3.63, 3.8) is 0 Å². The van der Waals surface area contributed by atoms with E-state index in [4.69, 9.17) is 10.5 Å². The Morgan fingerprint density at radius 1 is 1.36 bits per heavy atom. The molecule has 1 aromatic carbocycles. The minimum atomic E-state index is 0. The molecule has 0 aromatic heterocycles. The summed E-state index contributed by atoms with van der Waals surface area (Å²) < 4.78 is 5.05. The molecule has 0 saturated heterocycles. The molecular formula is C16H29IN4O. The molecule has 0 radical (unpaired) electrons. The van der Waals surface area contributed by atoms with Crippen LogP contribution in [0.15, 0.2) is 35.3 Å². The molecule has 0 aliphatic rings. The van der Waals surface area contributed by atoms with Crippen LogP contribution in [0.25, 0.3) is 0 Å². The normalized spacial score (nSPS) is 12.4. The number of rotatable bonds is 9. The van der Waals surface area contributed by atoms with Crippen molar-refractivity contribution < 1.29 is 4.74 Å². The van der Waals surface area contributed by atoms with Gasteiger partial charge in [0.1, 0.15) is 0 Å². The lowest BCUT2D eigenvalue weighted by Crippen LogP contribution is -2.40. The van der Waals surface area contributed by atoms with Crippen molar-refractivity contribution in [1.82, 2.24) is 5.32 Å². The summed E-state index contributed by atoms with van der Waals surface area (Å²) in [5.41, 5.74) is 7.09. The molecule has 0 saturated carbocycles. The molecule has 1 aromatic rings. The molecule has 0 aliphatic heterocycles. The second-order valence-corrected chi connectivity index (χ2v) is 5.04. The number of hydrogen-bond acceptors (Lipinski definition) is 3. The van der Waals surface area contributed by atoms with Gasteiger partial charge >= 0.3 is 0 Å². The maximum Gasteiger partial charge on any atom is 0.188 e. The number of guanidine groups is 1. The topological polar surface area (TPSA) is 62.9 Å². The standard InChI is InChI=1S/C16H28N4O.HI/c1-4-20(15-9-6-5-7-10-15)12-8-11-18-16(17)19-14(2)13-21-3;/h5-7,9-10,14H,4,8,11-13H2,1-3H3,(H3,17,18,19);1H. The van der Waals surface area contributed by atoms with Gasteiger partial charge in [0.15, 0.2) is 5.96 Å². The number of halogens is 1. The first-order valence-corrected chi connectivity index (χ1v) is 7.52. The van der Waals surface area contributed by atoms with Crippen molar-refractivity contribution >= 4 is 35.6 Å². The van der Waals surface area contributed by atoms with Crippen molar-refractivity contribution in [2.45, 2.75) is 26.3 Å². The molecule has 0 heterocycles. The molecule has 22 heavy (non-hydrogen) atoms. The Morgan fingerprint density at radius 2 is 2.05 bits per heavy atom. The first-order chi connectivity index (χ1) is 10.2. The van der Waals surface area contributed by atoms with Crippen LogP contribution in [-0.4, -0.2) is 45.4 Å². The van der Waals surface area contributed by atoms with Gasteiger partial charge in [-0.3, -0.25) is 4.99 Å². The van der Waals surface area contributed by atoms with Crippen molar-refractivity contribution in [3.05, 3.63) is 30.3 Å². The molecule has 5 nitrogen and oxygen atoms in total.